The molecule has 0 aliphatic carbocycles. The molecule has 0 unspecified atom stereocenters. The van der Waals surface area contributed by atoms with Gasteiger partial charge in [-0.2, -0.15) is 4.57 Å². The predicted molar refractivity (Wildman–Crippen MR) is 118 cm³/mol. The Balaban J connectivity index is 1.44. The van der Waals surface area contributed by atoms with Gasteiger partial charge in [-0.15, -0.1) is 0 Å². The van der Waals surface area contributed by atoms with Crippen molar-refractivity contribution in [2.45, 2.75) is 13.6 Å². The summed E-state index contributed by atoms with van der Waals surface area (Å²) in [6, 6.07) is 26.7. The zero-order chi connectivity index (χ0) is 19.8. The van der Waals surface area contributed by atoms with Crippen LogP contribution in [0.2, 0.25) is 0 Å². The first kappa shape index (κ1) is 17.4. The van der Waals surface area contributed by atoms with Crippen LogP contribution >= 0.6 is 0 Å². The summed E-state index contributed by atoms with van der Waals surface area (Å²) in [6.45, 7) is 2.56. The normalized spacial score (nSPS) is 11.2. The van der Waals surface area contributed by atoms with Crippen molar-refractivity contribution in [1.29, 1.82) is 0 Å². The van der Waals surface area contributed by atoms with E-state index < -0.39 is 0 Å². The molecule has 0 aliphatic rings. The van der Waals surface area contributed by atoms with E-state index in [2.05, 4.69) is 54.7 Å². The number of nitrogens with zero attached hydrogens (tertiary/aromatic N) is 1. The first-order chi connectivity index (χ1) is 14.2. The molecule has 1 heterocycles. The Bertz CT molecular complexity index is 1390. The van der Waals surface area contributed by atoms with E-state index in [-0.39, 0.29) is 5.91 Å². The highest BCUT2D eigenvalue weighted by Gasteiger charge is 2.11. The fraction of sp³-hybridized carbons (Fsp3) is 0.0769. The van der Waals surface area contributed by atoms with Crippen LogP contribution in [-0.2, 0) is 6.67 Å². The van der Waals surface area contributed by atoms with Crippen LogP contribution in [0.25, 0.3) is 32.3 Å². The van der Waals surface area contributed by atoms with Crippen LogP contribution in [0.5, 0.6) is 0 Å². The van der Waals surface area contributed by atoms with Gasteiger partial charge in [0.15, 0.2) is 12.4 Å². The van der Waals surface area contributed by atoms with Gasteiger partial charge in [0, 0.05) is 17.0 Å². The van der Waals surface area contributed by atoms with Gasteiger partial charge in [0.05, 0.1) is 0 Å². The molecule has 0 radical (unpaired) electrons. The molecule has 1 aromatic heterocycles. The second-order valence-corrected chi connectivity index (χ2v) is 7.43. The molecule has 0 bridgehead atoms. The first-order valence-corrected chi connectivity index (χ1v) is 9.77. The third kappa shape index (κ3) is 3.21. The van der Waals surface area contributed by atoms with Crippen LogP contribution in [0.1, 0.15) is 15.9 Å². The lowest BCUT2D eigenvalue weighted by Gasteiger charge is -2.09. The molecule has 1 amide bonds. The maximum atomic E-state index is 12.8. The van der Waals surface area contributed by atoms with Crippen LogP contribution in [0.4, 0.5) is 0 Å². The molecule has 3 nitrogen and oxygen atoms in total. The molecular formula is C26H21N2O+. The van der Waals surface area contributed by atoms with Crippen LogP contribution < -0.4 is 9.88 Å². The standard InChI is InChI=1S/C26H20N2O/c1-18-14-20-10-11-21(15-25(20)24-9-5-4-8-23(18)24)26(29)27-17-28-13-12-19-6-2-3-7-22(19)16-28/h2-16H,17H2,1H3/p+1. The highest BCUT2D eigenvalue weighted by molar-refractivity contribution is 6.11. The van der Waals surface area contributed by atoms with Gasteiger partial charge in [-0.1, -0.05) is 54.6 Å². The Morgan fingerprint density at radius 3 is 2.41 bits per heavy atom. The van der Waals surface area contributed by atoms with Crippen molar-refractivity contribution in [1.82, 2.24) is 5.32 Å². The Hall–Kier alpha value is -3.72. The smallest absolute Gasteiger partial charge is 0.256 e. The summed E-state index contributed by atoms with van der Waals surface area (Å²) < 4.78 is 1.99. The maximum absolute atomic E-state index is 12.8. The summed E-state index contributed by atoms with van der Waals surface area (Å²) in [7, 11) is 0. The minimum Gasteiger partial charge on any atom is -0.297 e. The van der Waals surface area contributed by atoms with E-state index in [0.29, 0.717) is 12.2 Å². The molecule has 5 rings (SSSR count). The summed E-state index contributed by atoms with van der Waals surface area (Å²) in [5.41, 5.74) is 1.92. The number of aryl methyl sites for hydroxylation is 1. The second-order valence-electron chi connectivity index (χ2n) is 7.43. The van der Waals surface area contributed by atoms with Gasteiger partial charge in [0.1, 0.15) is 0 Å². The third-order valence-corrected chi connectivity index (χ3v) is 5.50. The molecule has 29 heavy (non-hydrogen) atoms. The molecule has 1 N–H and O–H groups in total. The number of carbonyl (C=O) groups is 1. The van der Waals surface area contributed by atoms with Crippen LogP contribution in [-0.4, -0.2) is 5.91 Å². The molecule has 0 saturated heterocycles. The van der Waals surface area contributed by atoms with Crippen molar-refractivity contribution in [3.8, 4) is 0 Å². The fourth-order valence-corrected chi connectivity index (χ4v) is 3.97. The molecule has 0 fully saturated rings. The average Bonchev–Trinajstić information content (AvgIpc) is 2.77. The largest absolute Gasteiger partial charge is 0.297 e. The maximum Gasteiger partial charge on any atom is 0.256 e. The van der Waals surface area contributed by atoms with Gasteiger partial charge in [-0.05, 0) is 57.6 Å². The van der Waals surface area contributed by atoms with Gasteiger partial charge < -0.3 is 0 Å². The lowest BCUT2D eigenvalue weighted by Crippen LogP contribution is -2.43. The van der Waals surface area contributed by atoms with Crippen LogP contribution in [0, 0.1) is 6.92 Å². The summed E-state index contributed by atoms with van der Waals surface area (Å²) in [5, 5.41) is 10.0. The van der Waals surface area contributed by atoms with E-state index in [0.717, 1.165) is 16.2 Å². The number of aromatic nitrogens is 1. The summed E-state index contributed by atoms with van der Waals surface area (Å²) in [5.74, 6) is -0.0720. The number of benzene rings is 4. The van der Waals surface area contributed by atoms with E-state index in [1.165, 1.54) is 21.7 Å². The zero-order valence-electron chi connectivity index (χ0n) is 16.2. The molecule has 5 aromatic rings. The molecule has 140 valence electrons. The van der Waals surface area contributed by atoms with Crippen molar-refractivity contribution in [2.24, 2.45) is 0 Å². The number of carbonyl (C=O) groups excluding carboxylic acids is 1. The molecular weight excluding hydrogens is 356 g/mol. The highest BCUT2D eigenvalue weighted by atomic mass is 16.1. The Morgan fingerprint density at radius 1 is 0.793 bits per heavy atom. The molecule has 4 aromatic carbocycles. The minimum absolute atomic E-state index is 0.0720. The number of pyridine rings is 1. The molecule has 0 spiro atoms. The Labute approximate surface area is 169 Å². The highest BCUT2D eigenvalue weighted by Crippen LogP contribution is 2.29. The lowest BCUT2D eigenvalue weighted by molar-refractivity contribution is -0.698. The third-order valence-electron chi connectivity index (χ3n) is 5.50. The summed E-state index contributed by atoms with van der Waals surface area (Å²) >= 11 is 0. The van der Waals surface area contributed by atoms with Crippen LogP contribution in [0.15, 0.2) is 91.3 Å². The lowest BCUT2D eigenvalue weighted by atomic mass is 9.96. The number of hydrogen-bond acceptors (Lipinski definition) is 1. The van der Waals surface area contributed by atoms with Crippen molar-refractivity contribution in [3.63, 3.8) is 0 Å². The first-order valence-electron chi connectivity index (χ1n) is 9.77. The topological polar surface area (TPSA) is 33.0 Å². The van der Waals surface area contributed by atoms with Crippen molar-refractivity contribution < 1.29 is 9.36 Å². The van der Waals surface area contributed by atoms with Gasteiger partial charge in [0.25, 0.3) is 5.91 Å². The quantitative estimate of drug-likeness (QED) is 0.343. The second kappa shape index (κ2) is 7.02. The van der Waals surface area contributed by atoms with Gasteiger partial charge >= 0.3 is 0 Å². The number of fused-ring (bicyclic) bond motifs is 4. The van der Waals surface area contributed by atoms with E-state index >= 15 is 0 Å². The summed E-state index contributed by atoms with van der Waals surface area (Å²) in [4.78, 5) is 12.8. The van der Waals surface area contributed by atoms with E-state index in [1.807, 2.05) is 53.4 Å². The van der Waals surface area contributed by atoms with Gasteiger partial charge in [-0.25, -0.2) is 0 Å². The number of hydrogen-bond donors (Lipinski definition) is 1. The van der Waals surface area contributed by atoms with Gasteiger partial charge in [-0.3, -0.25) is 10.1 Å². The molecule has 3 heteroatoms. The van der Waals surface area contributed by atoms with Crippen molar-refractivity contribution in [2.75, 3.05) is 0 Å². The minimum atomic E-state index is -0.0720. The van der Waals surface area contributed by atoms with E-state index in [1.54, 1.807) is 0 Å². The Kier molecular flexibility index (Phi) is 4.21. The van der Waals surface area contributed by atoms with E-state index in [9.17, 15) is 4.79 Å². The zero-order valence-corrected chi connectivity index (χ0v) is 16.2. The fourth-order valence-electron chi connectivity index (χ4n) is 3.97. The van der Waals surface area contributed by atoms with Gasteiger partial charge in [0.2, 0.25) is 6.67 Å². The number of rotatable bonds is 3. The van der Waals surface area contributed by atoms with Crippen LogP contribution in [0.3, 0.4) is 0 Å². The van der Waals surface area contributed by atoms with Crippen molar-refractivity contribution >= 4 is 38.2 Å². The van der Waals surface area contributed by atoms with E-state index in [4.69, 9.17) is 0 Å². The molecule has 0 saturated carbocycles. The molecule has 0 aliphatic heterocycles. The average molecular weight is 377 g/mol. The predicted octanol–water partition coefficient (Wildman–Crippen LogP) is 5.13. The summed E-state index contributed by atoms with van der Waals surface area (Å²) in [6.07, 6.45) is 4.03. The monoisotopic (exact) mass is 377 g/mol. The van der Waals surface area contributed by atoms with Crippen molar-refractivity contribution in [3.05, 3.63) is 102 Å². The number of amides is 1. The Morgan fingerprint density at radius 2 is 1.55 bits per heavy atom. The number of nitrogens with one attached hydrogen (secondary N) is 1. The molecule has 0 atom stereocenters. The SMILES string of the molecule is Cc1cc2ccc(C(=O)NC[n+]3ccc4ccccc4c3)cc2c2ccccc12.